The Balaban J connectivity index is 2.28. The standard InChI is InChI=1S/C12H17BrO3/c1-11(6-4-8(14)15)7-3-5-12(11,2)10(16)9(7)13/h7,9H,3-6H2,1-2H3,(H,14,15)/t7-,9+,11-,12+/m1/s1. The number of halogens is 1. The van der Waals surface area contributed by atoms with Gasteiger partial charge in [0.25, 0.3) is 0 Å². The Labute approximate surface area is 104 Å². The molecule has 4 heteroatoms. The van der Waals surface area contributed by atoms with Crippen LogP contribution in [0.1, 0.15) is 39.5 Å². The molecule has 0 aromatic rings. The summed E-state index contributed by atoms with van der Waals surface area (Å²) in [5.41, 5.74) is -0.460. The number of hydrogen-bond donors (Lipinski definition) is 1. The topological polar surface area (TPSA) is 54.4 Å². The van der Waals surface area contributed by atoms with Crippen molar-refractivity contribution in [2.24, 2.45) is 16.7 Å². The minimum absolute atomic E-state index is 0.0648. The van der Waals surface area contributed by atoms with Crippen molar-refractivity contribution in [3.63, 3.8) is 0 Å². The van der Waals surface area contributed by atoms with Crippen LogP contribution >= 0.6 is 15.9 Å². The third kappa shape index (κ3) is 1.31. The lowest BCUT2D eigenvalue weighted by molar-refractivity contribution is -0.139. The van der Waals surface area contributed by atoms with E-state index in [0.717, 1.165) is 12.8 Å². The predicted octanol–water partition coefficient (Wildman–Crippen LogP) is 2.62. The fourth-order valence-corrected chi connectivity index (χ4v) is 5.00. The van der Waals surface area contributed by atoms with Gasteiger partial charge in [0.1, 0.15) is 0 Å². The molecule has 16 heavy (non-hydrogen) atoms. The molecule has 2 rings (SSSR count). The summed E-state index contributed by atoms with van der Waals surface area (Å²) >= 11 is 3.48. The zero-order valence-electron chi connectivity index (χ0n) is 9.62. The maximum Gasteiger partial charge on any atom is 0.303 e. The quantitative estimate of drug-likeness (QED) is 0.813. The summed E-state index contributed by atoms with van der Waals surface area (Å²) in [6.45, 7) is 4.10. The van der Waals surface area contributed by atoms with Crippen LogP contribution in [0.3, 0.4) is 0 Å². The number of carbonyl (C=O) groups excluding carboxylic acids is 1. The van der Waals surface area contributed by atoms with Crippen molar-refractivity contribution in [3.05, 3.63) is 0 Å². The molecule has 0 aromatic carbocycles. The Morgan fingerprint density at radius 3 is 2.62 bits per heavy atom. The number of ketones is 1. The van der Waals surface area contributed by atoms with E-state index in [-0.39, 0.29) is 27.9 Å². The highest BCUT2D eigenvalue weighted by atomic mass is 79.9. The Morgan fingerprint density at radius 2 is 2.19 bits per heavy atom. The van der Waals surface area contributed by atoms with Crippen LogP contribution in [0.4, 0.5) is 0 Å². The van der Waals surface area contributed by atoms with Crippen LogP contribution in [0.25, 0.3) is 0 Å². The van der Waals surface area contributed by atoms with Crippen molar-refractivity contribution in [2.75, 3.05) is 0 Å². The summed E-state index contributed by atoms with van der Waals surface area (Å²) in [5.74, 6) is -0.185. The summed E-state index contributed by atoms with van der Waals surface area (Å²) in [4.78, 5) is 22.8. The highest BCUT2D eigenvalue weighted by Gasteiger charge is 2.67. The minimum Gasteiger partial charge on any atom is -0.481 e. The monoisotopic (exact) mass is 288 g/mol. The molecular weight excluding hydrogens is 272 g/mol. The molecule has 0 unspecified atom stereocenters. The zero-order valence-corrected chi connectivity index (χ0v) is 11.2. The predicted molar refractivity (Wildman–Crippen MR) is 63.5 cm³/mol. The van der Waals surface area contributed by atoms with Gasteiger partial charge in [-0.3, -0.25) is 9.59 Å². The van der Waals surface area contributed by atoms with E-state index in [1.807, 2.05) is 6.92 Å². The van der Waals surface area contributed by atoms with E-state index in [1.165, 1.54) is 0 Å². The number of aliphatic carboxylic acids is 1. The largest absolute Gasteiger partial charge is 0.481 e. The molecule has 0 spiro atoms. The maximum absolute atomic E-state index is 12.2. The van der Waals surface area contributed by atoms with E-state index in [9.17, 15) is 9.59 Å². The molecule has 0 heterocycles. The second kappa shape index (κ2) is 3.56. The van der Waals surface area contributed by atoms with Gasteiger partial charge >= 0.3 is 5.97 Å². The van der Waals surface area contributed by atoms with E-state index in [2.05, 4.69) is 22.9 Å². The molecule has 4 atom stereocenters. The molecule has 2 fully saturated rings. The van der Waals surface area contributed by atoms with Gasteiger partial charge < -0.3 is 5.11 Å². The minimum atomic E-state index is -0.769. The molecule has 1 N–H and O–H groups in total. The smallest absolute Gasteiger partial charge is 0.303 e. The summed E-state index contributed by atoms with van der Waals surface area (Å²) in [5, 5.41) is 8.80. The lowest BCUT2D eigenvalue weighted by Crippen LogP contribution is -2.35. The van der Waals surface area contributed by atoms with E-state index in [4.69, 9.17) is 5.11 Å². The molecule has 2 aliphatic rings. The zero-order chi connectivity index (χ0) is 12.1. The van der Waals surface area contributed by atoms with Crippen LogP contribution in [0.5, 0.6) is 0 Å². The molecule has 2 saturated carbocycles. The van der Waals surface area contributed by atoms with Crippen LogP contribution < -0.4 is 0 Å². The molecule has 90 valence electrons. The number of fused-ring (bicyclic) bond motifs is 2. The number of hydrogen-bond acceptors (Lipinski definition) is 2. The van der Waals surface area contributed by atoms with Crippen molar-refractivity contribution in [1.82, 2.24) is 0 Å². The Morgan fingerprint density at radius 1 is 1.56 bits per heavy atom. The van der Waals surface area contributed by atoms with Crippen molar-refractivity contribution in [2.45, 2.75) is 44.4 Å². The van der Waals surface area contributed by atoms with Gasteiger partial charge in [0.05, 0.1) is 4.83 Å². The third-order valence-electron chi connectivity index (χ3n) is 5.04. The number of carbonyl (C=O) groups is 2. The summed E-state index contributed by atoms with van der Waals surface area (Å²) < 4.78 is 0. The number of rotatable bonds is 3. The highest BCUT2D eigenvalue weighted by molar-refractivity contribution is 9.10. The van der Waals surface area contributed by atoms with Gasteiger partial charge in [-0.1, -0.05) is 29.8 Å². The van der Waals surface area contributed by atoms with Crippen LogP contribution in [0, 0.1) is 16.7 Å². The van der Waals surface area contributed by atoms with Gasteiger partial charge in [-0.25, -0.2) is 0 Å². The van der Waals surface area contributed by atoms with Crippen molar-refractivity contribution in [1.29, 1.82) is 0 Å². The van der Waals surface area contributed by atoms with Crippen LogP contribution in [0.15, 0.2) is 0 Å². The van der Waals surface area contributed by atoms with Gasteiger partial charge in [-0.05, 0) is 30.6 Å². The van der Waals surface area contributed by atoms with Gasteiger partial charge in [-0.2, -0.15) is 0 Å². The molecular formula is C12H17BrO3. The van der Waals surface area contributed by atoms with Gasteiger partial charge in [0, 0.05) is 11.8 Å². The first-order valence-electron chi connectivity index (χ1n) is 5.73. The SMILES string of the molecule is C[C@]12CC[C@H]([C@H](Br)C1=O)[C@@]2(C)CCC(=O)O. The number of Topliss-reactive ketones (excluding diaryl/α,β-unsaturated/α-hetero) is 1. The molecule has 2 bridgehead atoms. The molecule has 0 aliphatic heterocycles. The first-order valence-corrected chi connectivity index (χ1v) is 6.65. The third-order valence-corrected chi connectivity index (χ3v) is 6.09. The fourth-order valence-electron chi connectivity index (χ4n) is 3.65. The summed E-state index contributed by atoms with van der Waals surface area (Å²) in [6, 6.07) is 0. The maximum atomic E-state index is 12.2. The van der Waals surface area contributed by atoms with Crippen molar-refractivity contribution < 1.29 is 14.7 Å². The summed E-state index contributed by atoms with van der Waals surface area (Å²) in [6.07, 6.45) is 2.72. The van der Waals surface area contributed by atoms with Crippen LogP contribution in [-0.4, -0.2) is 21.7 Å². The van der Waals surface area contributed by atoms with Gasteiger partial charge in [-0.15, -0.1) is 0 Å². The summed E-state index contributed by atoms with van der Waals surface area (Å²) in [7, 11) is 0. The molecule has 0 aromatic heterocycles. The average Bonchev–Trinajstić information content (AvgIpc) is 2.54. The second-order valence-electron chi connectivity index (χ2n) is 5.55. The Kier molecular flexibility index (Phi) is 2.69. The number of carboxylic acids is 1. The normalized spacial score (nSPS) is 46.3. The van der Waals surface area contributed by atoms with Crippen LogP contribution in [0.2, 0.25) is 0 Å². The molecule has 3 nitrogen and oxygen atoms in total. The molecule has 0 saturated heterocycles. The molecule has 0 radical (unpaired) electrons. The van der Waals surface area contributed by atoms with E-state index < -0.39 is 5.97 Å². The van der Waals surface area contributed by atoms with E-state index >= 15 is 0 Å². The average molecular weight is 289 g/mol. The first-order chi connectivity index (χ1) is 7.33. The number of carboxylic acid groups (broad SMARTS) is 1. The second-order valence-corrected chi connectivity index (χ2v) is 6.54. The van der Waals surface area contributed by atoms with E-state index in [0.29, 0.717) is 12.3 Å². The Bertz CT molecular complexity index is 354. The first kappa shape index (κ1) is 12.1. The number of alkyl halides is 1. The van der Waals surface area contributed by atoms with Gasteiger partial charge in [0.2, 0.25) is 0 Å². The van der Waals surface area contributed by atoms with Gasteiger partial charge in [0.15, 0.2) is 5.78 Å². The Hall–Kier alpha value is -0.380. The van der Waals surface area contributed by atoms with Crippen LogP contribution in [-0.2, 0) is 9.59 Å². The molecule has 2 aliphatic carbocycles. The van der Waals surface area contributed by atoms with E-state index in [1.54, 1.807) is 0 Å². The lowest BCUT2D eigenvalue weighted by Gasteiger charge is -2.36. The van der Waals surface area contributed by atoms with Crippen molar-refractivity contribution in [3.8, 4) is 0 Å². The lowest BCUT2D eigenvalue weighted by atomic mass is 9.66. The molecule has 0 amide bonds. The highest BCUT2D eigenvalue weighted by Crippen LogP contribution is 2.67. The fraction of sp³-hybridized carbons (Fsp3) is 0.833. The van der Waals surface area contributed by atoms with Crippen molar-refractivity contribution >= 4 is 27.7 Å².